The first-order chi connectivity index (χ1) is 8.55. The summed E-state index contributed by atoms with van der Waals surface area (Å²) in [7, 11) is 0. The summed E-state index contributed by atoms with van der Waals surface area (Å²) in [5, 5.41) is 10.5. The first-order valence-electron chi connectivity index (χ1n) is 6.45. The molecule has 0 saturated carbocycles. The average Bonchev–Trinajstić information content (AvgIpc) is 2.69. The van der Waals surface area contributed by atoms with Crippen molar-refractivity contribution in [2.24, 2.45) is 0 Å². The molecule has 1 unspecified atom stereocenters. The number of aliphatic hydroxyl groups is 1. The molecule has 0 spiro atoms. The Hall–Kier alpha value is -1.00. The van der Waals surface area contributed by atoms with Crippen molar-refractivity contribution in [3.63, 3.8) is 0 Å². The fourth-order valence-electron chi connectivity index (χ4n) is 2.53. The van der Waals surface area contributed by atoms with Gasteiger partial charge in [-0.25, -0.2) is 8.78 Å². The quantitative estimate of drug-likeness (QED) is 0.894. The molecule has 1 atom stereocenters. The Morgan fingerprint density at radius 1 is 1.39 bits per heavy atom. The number of hydrogen-bond acceptors (Lipinski definition) is 2. The van der Waals surface area contributed by atoms with Gasteiger partial charge in [0.25, 0.3) is 0 Å². The Morgan fingerprint density at radius 2 is 2.17 bits per heavy atom. The number of rotatable bonds is 4. The molecule has 1 aromatic rings. The lowest BCUT2D eigenvalue weighted by atomic mass is 9.92. The normalized spacial score (nSPS) is 24.7. The number of halogens is 2. The summed E-state index contributed by atoms with van der Waals surface area (Å²) in [5.74, 6) is -1.27. The van der Waals surface area contributed by atoms with Gasteiger partial charge >= 0.3 is 0 Å². The Labute approximate surface area is 106 Å². The van der Waals surface area contributed by atoms with Crippen molar-refractivity contribution in [2.45, 2.75) is 31.8 Å². The third-order valence-electron chi connectivity index (χ3n) is 3.59. The van der Waals surface area contributed by atoms with E-state index in [9.17, 15) is 13.9 Å². The predicted molar refractivity (Wildman–Crippen MR) is 66.2 cm³/mol. The third-order valence-corrected chi connectivity index (χ3v) is 3.59. The van der Waals surface area contributed by atoms with E-state index in [2.05, 4.69) is 11.8 Å². The maximum atomic E-state index is 13.7. The van der Waals surface area contributed by atoms with Crippen LogP contribution in [0.2, 0.25) is 0 Å². The molecule has 1 N–H and O–H groups in total. The van der Waals surface area contributed by atoms with Gasteiger partial charge < -0.3 is 10.0 Å². The summed E-state index contributed by atoms with van der Waals surface area (Å²) in [6.45, 7) is 4.21. The van der Waals surface area contributed by atoms with Crippen molar-refractivity contribution in [1.29, 1.82) is 0 Å². The van der Waals surface area contributed by atoms with Gasteiger partial charge in [0, 0.05) is 24.7 Å². The van der Waals surface area contributed by atoms with E-state index in [0.717, 1.165) is 32.0 Å². The second-order valence-corrected chi connectivity index (χ2v) is 5.04. The van der Waals surface area contributed by atoms with Crippen LogP contribution < -0.4 is 0 Å². The molecule has 2 rings (SSSR count). The molecule has 1 fully saturated rings. The minimum Gasteiger partial charge on any atom is -0.384 e. The maximum Gasteiger partial charge on any atom is 0.132 e. The highest BCUT2D eigenvalue weighted by Gasteiger charge is 2.39. The van der Waals surface area contributed by atoms with Gasteiger partial charge in [0.15, 0.2) is 0 Å². The minimum absolute atomic E-state index is 0.211. The molecule has 0 aromatic heterocycles. The lowest BCUT2D eigenvalue weighted by Gasteiger charge is -2.24. The number of likely N-dealkylation sites (tertiary alicyclic amines) is 1. The lowest BCUT2D eigenvalue weighted by molar-refractivity contribution is 0.0423. The zero-order chi connectivity index (χ0) is 13.2. The van der Waals surface area contributed by atoms with Gasteiger partial charge in [0.2, 0.25) is 0 Å². The summed E-state index contributed by atoms with van der Waals surface area (Å²) in [4.78, 5) is 2.13. The fourth-order valence-corrected chi connectivity index (χ4v) is 2.53. The van der Waals surface area contributed by atoms with Crippen LogP contribution in [0.5, 0.6) is 0 Å². The Kier molecular flexibility index (Phi) is 3.97. The van der Waals surface area contributed by atoms with Crippen molar-refractivity contribution >= 4 is 0 Å². The van der Waals surface area contributed by atoms with Crippen molar-refractivity contribution in [3.05, 3.63) is 35.4 Å². The fraction of sp³-hybridized carbons (Fsp3) is 0.571. The largest absolute Gasteiger partial charge is 0.384 e. The highest BCUT2D eigenvalue weighted by Crippen LogP contribution is 2.33. The standard InChI is InChI=1S/C14H19F2NO/c1-2-3-7-17-8-6-14(18,10-17)12-5-4-11(15)9-13(12)16/h4-5,9,18H,2-3,6-8,10H2,1H3. The summed E-state index contributed by atoms with van der Waals surface area (Å²) < 4.78 is 26.6. The van der Waals surface area contributed by atoms with Crippen LogP contribution in [-0.4, -0.2) is 29.6 Å². The van der Waals surface area contributed by atoms with Gasteiger partial charge in [-0.1, -0.05) is 19.4 Å². The van der Waals surface area contributed by atoms with E-state index in [4.69, 9.17) is 0 Å². The molecule has 0 bridgehead atoms. The van der Waals surface area contributed by atoms with Crippen molar-refractivity contribution in [2.75, 3.05) is 19.6 Å². The molecule has 0 amide bonds. The maximum absolute atomic E-state index is 13.7. The van der Waals surface area contributed by atoms with Crippen LogP contribution in [0.15, 0.2) is 18.2 Å². The molecule has 1 heterocycles. The lowest BCUT2D eigenvalue weighted by Crippen LogP contribution is -2.32. The van der Waals surface area contributed by atoms with Gasteiger partial charge in [-0.3, -0.25) is 0 Å². The molecule has 2 nitrogen and oxygen atoms in total. The molecule has 0 aliphatic carbocycles. The van der Waals surface area contributed by atoms with Crippen LogP contribution in [0.25, 0.3) is 0 Å². The number of unbranched alkanes of at least 4 members (excludes halogenated alkanes) is 1. The molecule has 100 valence electrons. The van der Waals surface area contributed by atoms with Crippen LogP contribution in [-0.2, 0) is 5.60 Å². The Balaban J connectivity index is 2.12. The van der Waals surface area contributed by atoms with Crippen LogP contribution in [0.4, 0.5) is 8.78 Å². The zero-order valence-electron chi connectivity index (χ0n) is 10.6. The molecule has 1 aromatic carbocycles. The van der Waals surface area contributed by atoms with E-state index < -0.39 is 17.2 Å². The van der Waals surface area contributed by atoms with Gasteiger partial charge in [0.1, 0.15) is 17.2 Å². The first-order valence-corrected chi connectivity index (χ1v) is 6.45. The molecule has 0 radical (unpaired) electrons. The molecular weight excluding hydrogens is 236 g/mol. The number of nitrogens with zero attached hydrogens (tertiary/aromatic N) is 1. The summed E-state index contributed by atoms with van der Waals surface area (Å²) in [6.07, 6.45) is 2.67. The van der Waals surface area contributed by atoms with Gasteiger partial charge in [-0.15, -0.1) is 0 Å². The second kappa shape index (κ2) is 5.33. The van der Waals surface area contributed by atoms with Gasteiger partial charge in [-0.2, -0.15) is 0 Å². The average molecular weight is 255 g/mol. The number of hydrogen-bond donors (Lipinski definition) is 1. The van der Waals surface area contributed by atoms with E-state index in [1.54, 1.807) is 0 Å². The Bertz CT molecular complexity index is 424. The van der Waals surface area contributed by atoms with Gasteiger partial charge in [-0.05, 0) is 25.5 Å². The van der Waals surface area contributed by atoms with Crippen LogP contribution >= 0.6 is 0 Å². The molecule has 1 saturated heterocycles. The van der Waals surface area contributed by atoms with E-state index in [1.165, 1.54) is 12.1 Å². The summed E-state index contributed by atoms with van der Waals surface area (Å²) in [5.41, 5.74) is -0.964. The Morgan fingerprint density at radius 3 is 2.83 bits per heavy atom. The second-order valence-electron chi connectivity index (χ2n) is 5.04. The van der Waals surface area contributed by atoms with Crippen molar-refractivity contribution in [1.82, 2.24) is 4.90 Å². The SMILES string of the molecule is CCCCN1CCC(O)(c2ccc(F)cc2F)C1. The topological polar surface area (TPSA) is 23.5 Å². The minimum atomic E-state index is -1.18. The number of β-amino-alcohol motifs (C(OH)–C–C–N with tert-alkyl or cyclic N) is 1. The van der Waals surface area contributed by atoms with Gasteiger partial charge in [0.05, 0.1) is 0 Å². The molecule has 4 heteroatoms. The molecular formula is C14H19F2NO. The van der Waals surface area contributed by atoms with E-state index in [-0.39, 0.29) is 5.56 Å². The van der Waals surface area contributed by atoms with E-state index in [1.807, 2.05) is 0 Å². The van der Waals surface area contributed by atoms with Crippen molar-refractivity contribution in [3.8, 4) is 0 Å². The molecule has 1 aliphatic heterocycles. The predicted octanol–water partition coefficient (Wildman–Crippen LogP) is 2.66. The summed E-state index contributed by atoms with van der Waals surface area (Å²) in [6, 6.07) is 3.39. The van der Waals surface area contributed by atoms with E-state index in [0.29, 0.717) is 13.0 Å². The highest BCUT2D eigenvalue weighted by atomic mass is 19.1. The van der Waals surface area contributed by atoms with E-state index >= 15 is 0 Å². The smallest absolute Gasteiger partial charge is 0.132 e. The van der Waals surface area contributed by atoms with Crippen LogP contribution in [0.3, 0.4) is 0 Å². The molecule has 1 aliphatic rings. The van der Waals surface area contributed by atoms with Crippen molar-refractivity contribution < 1.29 is 13.9 Å². The summed E-state index contributed by atoms with van der Waals surface area (Å²) >= 11 is 0. The number of benzene rings is 1. The zero-order valence-corrected chi connectivity index (χ0v) is 10.6. The van der Waals surface area contributed by atoms with Crippen LogP contribution in [0.1, 0.15) is 31.7 Å². The van der Waals surface area contributed by atoms with Crippen LogP contribution in [0, 0.1) is 11.6 Å². The first kappa shape index (κ1) is 13.4. The highest BCUT2D eigenvalue weighted by molar-refractivity contribution is 5.26. The third kappa shape index (κ3) is 2.70. The monoisotopic (exact) mass is 255 g/mol. The molecule has 18 heavy (non-hydrogen) atoms.